The standard InChI is InChI=1S/C7H14NO.C5H5N.C4H8N2O2.C4H7N2O2.Co/c1-2-3-8-4-6-9-7-5-8;1-2-4-6-5-3-1;2*1-3(5-7)4(2)6-8;/h1-7H2;1-5H;7-8H,1-2H3;5H,1-2H3;/q-1;;;-1;/p-2/b;;5-3+,6-4+;4-3-;. The normalized spacial score (nSPS) is 14.9. The van der Waals surface area contributed by atoms with Gasteiger partial charge in [-0.2, -0.15) is 6.42 Å². The van der Waals surface area contributed by atoms with Crippen molar-refractivity contribution >= 4 is 11.4 Å². The molecule has 1 saturated heterocycles. The van der Waals surface area contributed by atoms with E-state index < -0.39 is 0 Å². The fourth-order valence-electron chi connectivity index (χ4n) is 1.69. The van der Waals surface area contributed by atoms with Gasteiger partial charge < -0.3 is 37.3 Å². The smallest absolute Gasteiger partial charge is 0.0594 e. The third kappa shape index (κ3) is 18.5. The summed E-state index contributed by atoms with van der Waals surface area (Å²) in [5.74, 6) is 0. The quantitative estimate of drug-likeness (QED) is 0.371. The van der Waals surface area contributed by atoms with E-state index in [2.05, 4.69) is 42.7 Å². The monoisotopic (exact) mass is 495 g/mol. The molecule has 0 aliphatic carbocycles. The van der Waals surface area contributed by atoms with Gasteiger partial charge in [0, 0.05) is 36.9 Å². The summed E-state index contributed by atoms with van der Waals surface area (Å²) in [5, 5.41) is 44.3. The molecule has 0 aromatic carbocycles. The molecule has 1 N–H and O–H groups in total. The van der Waals surface area contributed by atoms with Crippen LogP contribution in [-0.4, -0.2) is 57.9 Å². The van der Waals surface area contributed by atoms with Gasteiger partial charge in [0.2, 0.25) is 0 Å². The van der Waals surface area contributed by atoms with Crippen molar-refractivity contribution in [1.82, 2.24) is 15.4 Å². The first-order chi connectivity index (χ1) is 15.2. The van der Waals surface area contributed by atoms with Gasteiger partial charge in [0.25, 0.3) is 0 Å². The van der Waals surface area contributed by atoms with Crippen molar-refractivity contribution in [2.75, 3.05) is 32.8 Å². The molecule has 0 radical (unpaired) electrons. The number of aromatic nitrogens is 1. The van der Waals surface area contributed by atoms with E-state index in [0.717, 1.165) is 39.3 Å². The second-order valence-corrected chi connectivity index (χ2v) is 6.65. The Bertz CT molecular complexity index is 650. The maximum absolute atomic E-state index is 10.3. The van der Waals surface area contributed by atoms with Crippen LogP contribution < -0.4 is 5.48 Å². The predicted octanol–water partition coefficient (Wildman–Crippen LogP) is 3.09. The van der Waals surface area contributed by atoms with E-state index in [1.165, 1.54) is 27.7 Å². The Morgan fingerprint density at radius 3 is 1.84 bits per heavy atom. The molecule has 0 saturated carbocycles. The van der Waals surface area contributed by atoms with Gasteiger partial charge >= 0.3 is 60.4 Å². The summed E-state index contributed by atoms with van der Waals surface area (Å²) in [5.41, 5.74) is 2.41. The molecule has 0 spiro atoms. The molecule has 1 fully saturated rings. The number of nitrogens with one attached hydrogen (secondary N) is 1. The first kappa shape index (κ1) is 32.0. The molecule has 2 rings (SSSR count). The number of hydroxylamine groups is 2. The summed E-state index contributed by atoms with van der Waals surface area (Å²) in [4.78, 5) is 6.17. The molecule has 0 unspecified atom stereocenters. The van der Waals surface area contributed by atoms with E-state index in [9.17, 15) is 20.8 Å². The SMILES string of the molecule is C/C(N[O-])=C(\C)[N+]([O-])=[Co].CC(=N\[O-])/C(C)=N/[O-].[CH2-]CCN1CCOCC1.c1ccncc1. The van der Waals surface area contributed by atoms with Crippen LogP contribution in [0.4, 0.5) is 0 Å². The van der Waals surface area contributed by atoms with Gasteiger partial charge in [0.15, 0.2) is 0 Å². The Kier molecular flexibility index (Phi) is 22.0. The Morgan fingerprint density at radius 1 is 1.09 bits per heavy atom. The molecule has 0 bridgehead atoms. The van der Waals surface area contributed by atoms with Gasteiger partial charge in [-0.3, -0.25) is 4.98 Å². The van der Waals surface area contributed by atoms with Crippen LogP contribution in [0.2, 0.25) is 0 Å². The fourth-order valence-corrected chi connectivity index (χ4v) is 1.87. The summed E-state index contributed by atoms with van der Waals surface area (Å²) in [6, 6.07) is 5.72. The molecule has 32 heavy (non-hydrogen) atoms. The number of ether oxygens (including phenoxy) is 1. The van der Waals surface area contributed by atoms with E-state index in [1.807, 2.05) is 18.2 Å². The summed E-state index contributed by atoms with van der Waals surface area (Å²) >= 11 is 3.47. The van der Waals surface area contributed by atoms with Crippen molar-refractivity contribution in [3.8, 4) is 0 Å². The van der Waals surface area contributed by atoms with Gasteiger partial charge in [0.1, 0.15) is 0 Å². The van der Waals surface area contributed by atoms with Crippen LogP contribution in [0.1, 0.15) is 34.1 Å². The van der Waals surface area contributed by atoms with Gasteiger partial charge in [-0.05, 0) is 32.5 Å². The third-order valence-electron chi connectivity index (χ3n) is 3.89. The second-order valence-electron chi connectivity index (χ2n) is 6.22. The molecule has 12 heteroatoms. The summed E-state index contributed by atoms with van der Waals surface area (Å²) in [7, 11) is 0. The minimum Gasteiger partial charge on any atom is -0.792 e. The van der Waals surface area contributed by atoms with Gasteiger partial charge in [-0.15, -0.1) is 0 Å². The van der Waals surface area contributed by atoms with Crippen LogP contribution in [-0.2, 0) is 20.3 Å². The first-order valence-electron chi connectivity index (χ1n) is 9.70. The van der Waals surface area contributed by atoms with Crippen LogP contribution in [0.5, 0.6) is 0 Å². The zero-order chi connectivity index (χ0) is 24.8. The minimum atomic E-state index is 0.139. The van der Waals surface area contributed by atoms with Crippen LogP contribution in [0.3, 0.4) is 0 Å². The van der Waals surface area contributed by atoms with Crippen LogP contribution in [0.25, 0.3) is 0 Å². The van der Waals surface area contributed by atoms with E-state index >= 15 is 0 Å². The number of rotatable bonds is 5. The Labute approximate surface area is 198 Å². The summed E-state index contributed by atoms with van der Waals surface area (Å²) in [6.07, 6.45) is 4.51. The molecule has 1 aliphatic heterocycles. The molecule has 2 heterocycles. The van der Waals surface area contributed by atoms with Gasteiger partial charge in [0.05, 0.1) is 13.2 Å². The second kappa shape index (κ2) is 22.0. The van der Waals surface area contributed by atoms with Crippen LogP contribution in [0, 0.1) is 27.8 Å². The maximum Gasteiger partial charge on any atom is 0.0594 e. The van der Waals surface area contributed by atoms with Crippen molar-refractivity contribution in [3.63, 3.8) is 0 Å². The molecule has 1 aliphatic rings. The Balaban J connectivity index is 0. The summed E-state index contributed by atoms with van der Waals surface area (Å²) in [6.45, 7) is 14.8. The largest absolute Gasteiger partial charge is 0.792 e. The topological polar surface area (TPSA) is 157 Å². The average molecular weight is 495 g/mol. The summed E-state index contributed by atoms with van der Waals surface area (Å²) < 4.78 is 5.51. The molecule has 185 valence electrons. The first-order valence-corrected chi connectivity index (χ1v) is 10.2. The molecular weight excluding hydrogens is 463 g/mol. The van der Waals surface area contributed by atoms with Crippen LogP contribution >= 0.6 is 0 Å². The Morgan fingerprint density at radius 2 is 1.59 bits per heavy atom. The minimum absolute atomic E-state index is 0.139. The van der Waals surface area contributed by atoms with Crippen molar-refractivity contribution in [3.05, 3.63) is 69.7 Å². The maximum atomic E-state index is 10.3. The zero-order valence-corrected chi connectivity index (χ0v) is 20.0. The van der Waals surface area contributed by atoms with Crippen LogP contribution in [0.15, 0.2) is 52.3 Å². The van der Waals surface area contributed by atoms with Gasteiger partial charge in [-0.1, -0.05) is 6.07 Å². The van der Waals surface area contributed by atoms with E-state index in [1.54, 1.807) is 17.9 Å². The Hall–Kier alpha value is -2.22. The number of hydrogen-bond acceptors (Lipinski definition) is 10. The van der Waals surface area contributed by atoms with E-state index in [4.69, 9.17) is 4.74 Å². The van der Waals surface area contributed by atoms with Crippen molar-refractivity contribution < 1.29 is 24.0 Å². The van der Waals surface area contributed by atoms with Crippen molar-refractivity contribution in [1.29, 1.82) is 0 Å². The zero-order valence-electron chi connectivity index (χ0n) is 18.9. The molecule has 1 aromatic heterocycles. The molecule has 0 atom stereocenters. The molecular formula is C20H32CoN6O5-4. The van der Waals surface area contributed by atoms with E-state index in [-0.39, 0.29) is 22.8 Å². The van der Waals surface area contributed by atoms with Crippen molar-refractivity contribution in [2.45, 2.75) is 34.1 Å². The number of hydrogen-bond donors (Lipinski definition) is 1. The predicted molar refractivity (Wildman–Crippen MR) is 123 cm³/mol. The van der Waals surface area contributed by atoms with Gasteiger partial charge in [-0.25, -0.2) is 0 Å². The van der Waals surface area contributed by atoms with E-state index in [0.29, 0.717) is 3.74 Å². The number of morpholine rings is 1. The molecule has 1 aromatic rings. The average Bonchev–Trinajstić information content (AvgIpc) is 2.85. The fraction of sp³-hybridized carbons (Fsp3) is 0.500. The third-order valence-corrected chi connectivity index (χ3v) is 4.24. The molecule has 11 nitrogen and oxygen atoms in total. The molecule has 0 amide bonds. The van der Waals surface area contributed by atoms with Crippen molar-refractivity contribution in [2.24, 2.45) is 10.3 Å². The number of pyridine rings is 1. The number of allylic oxidation sites excluding steroid dienone is 2. The number of nitrogens with zero attached hydrogens (tertiary/aromatic N) is 5.